The van der Waals surface area contributed by atoms with Crippen molar-refractivity contribution in [2.24, 2.45) is 0 Å². The lowest BCUT2D eigenvalue weighted by Crippen LogP contribution is -2.31. The van der Waals surface area contributed by atoms with Crippen LogP contribution in [0.3, 0.4) is 0 Å². The van der Waals surface area contributed by atoms with Crippen LogP contribution in [0.1, 0.15) is 0 Å². The zero-order valence-corrected chi connectivity index (χ0v) is 10.0. The molecule has 3 aromatic rings. The minimum atomic E-state index is -1.58. The molecule has 1 heterocycles. The normalized spacial score (nSPS) is 11.1. The third-order valence-electron chi connectivity index (χ3n) is 3.12. The van der Waals surface area contributed by atoms with Gasteiger partial charge in [0.15, 0.2) is 0 Å². The Hall–Kier alpha value is -2.31. The highest BCUT2D eigenvalue weighted by molar-refractivity contribution is 6.65. The molecule has 0 atom stereocenters. The number of anilines is 2. The molecule has 0 aliphatic rings. The topological polar surface area (TPSA) is 105 Å². The van der Waals surface area contributed by atoms with Crippen LogP contribution in [-0.4, -0.2) is 22.2 Å². The van der Waals surface area contributed by atoms with E-state index in [2.05, 4.69) is 4.98 Å². The molecular formula is C13H12BN3O2. The summed E-state index contributed by atoms with van der Waals surface area (Å²) in [5, 5.41) is 20.6. The lowest BCUT2D eigenvalue weighted by Gasteiger charge is -2.11. The van der Waals surface area contributed by atoms with Crippen LogP contribution in [0.4, 0.5) is 11.4 Å². The minimum absolute atomic E-state index is 0.417. The Balaban J connectivity index is 2.53. The van der Waals surface area contributed by atoms with Gasteiger partial charge in [-0.1, -0.05) is 12.1 Å². The van der Waals surface area contributed by atoms with E-state index in [-0.39, 0.29) is 0 Å². The number of fused-ring (bicyclic) bond motifs is 2. The van der Waals surface area contributed by atoms with Crippen LogP contribution in [-0.2, 0) is 0 Å². The van der Waals surface area contributed by atoms with E-state index in [0.717, 1.165) is 0 Å². The fourth-order valence-corrected chi connectivity index (χ4v) is 2.29. The van der Waals surface area contributed by atoms with E-state index < -0.39 is 7.12 Å². The maximum absolute atomic E-state index is 9.62. The maximum atomic E-state index is 9.62. The zero-order valence-electron chi connectivity index (χ0n) is 10.0. The van der Waals surface area contributed by atoms with Gasteiger partial charge in [-0.3, -0.25) is 0 Å². The summed E-state index contributed by atoms with van der Waals surface area (Å²) in [5.74, 6) is 0. The fourth-order valence-electron chi connectivity index (χ4n) is 2.29. The second-order valence-corrected chi connectivity index (χ2v) is 4.45. The second-order valence-electron chi connectivity index (χ2n) is 4.45. The number of pyridine rings is 1. The standard InChI is InChI=1S/C13H12BN3O2/c15-7-1-3-9-11(5-7)17-12-6-8(16)2-4-10(12)13(9)14(18)19/h1-6,18-19H,15-16H2. The molecule has 0 aliphatic carbocycles. The Morgan fingerprint density at radius 3 is 1.74 bits per heavy atom. The number of hydrogen-bond donors (Lipinski definition) is 4. The van der Waals surface area contributed by atoms with Crippen molar-refractivity contribution < 1.29 is 10.0 Å². The highest BCUT2D eigenvalue weighted by atomic mass is 16.4. The van der Waals surface area contributed by atoms with Crippen molar-refractivity contribution >= 4 is 45.8 Å². The number of rotatable bonds is 1. The summed E-state index contributed by atoms with van der Waals surface area (Å²) < 4.78 is 0. The van der Waals surface area contributed by atoms with Crippen LogP contribution in [0.15, 0.2) is 36.4 Å². The highest BCUT2D eigenvalue weighted by Gasteiger charge is 2.19. The molecule has 0 saturated carbocycles. The molecule has 2 aromatic carbocycles. The van der Waals surface area contributed by atoms with Crippen molar-refractivity contribution in [2.75, 3.05) is 11.5 Å². The van der Waals surface area contributed by atoms with Crippen LogP contribution < -0.4 is 16.9 Å². The van der Waals surface area contributed by atoms with Crippen molar-refractivity contribution in [1.82, 2.24) is 4.98 Å². The maximum Gasteiger partial charge on any atom is 0.489 e. The number of nitrogen functional groups attached to an aromatic ring is 2. The number of hydrogen-bond acceptors (Lipinski definition) is 5. The van der Waals surface area contributed by atoms with Crippen molar-refractivity contribution in [2.45, 2.75) is 0 Å². The Bertz CT molecular complexity index is 730. The quantitative estimate of drug-likeness (QED) is 0.282. The van der Waals surface area contributed by atoms with Crippen LogP contribution in [0.25, 0.3) is 21.8 Å². The number of aromatic nitrogens is 1. The van der Waals surface area contributed by atoms with Gasteiger partial charge < -0.3 is 21.5 Å². The smallest absolute Gasteiger partial charge is 0.423 e. The monoisotopic (exact) mass is 253 g/mol. The third-order valence-corrected chi connectivity index (χ3v) is 3.12. The highest BCUT2D eigenvalue weighted by Crippen LogP contribution is 2.21. The Kier molecular flexibility index (Phi) is 2.55. The summed E-state index contributed by atoms with van der Waals surface area (Å²) in [4.78, 5) is 4.46. The molecule has 0 spiro atoms. The first-order chi connectivity index (χ1) is 9.06. The van der Waals surface area contributed by atoms with Gasteiger partial charge in [-0.2, -0.15) is 0 Å². The van der Waals surface area contributed by atoms with Crippen LogP contribution in [0.2, 0.25) is 0 Å². The predicted octanol–water partition coefficient (Wildman–Crippen LogP) is 0.232. The first-order valence-electron chi connectivity index (χ1n) is 5.81. The van der Waals surface area contributed by atoms with E-state index in [1.54, 1.807) is 36.4 Å². The van der Waals surface area contributed by atoms with Crippen molar-refractivity contribution in [1.29, 1.82) is 0 Å². The van der Waals surface area contributed by atoms with Gasteiger partial charge in [0.25, 0.3) is 0 Å². The summed E-state index contributed by atoms with van der Waals surface area (Å²) in [5.41, 5.74) is 14.3. The lowest BCUT2D eigenvalue weighted by molar-refractivity contribution is 0.426. The van der Waals surface area contributed by atoms with E-state index in [1.165, 1.54) is 0 Å². The molecule has 0 fully saturated rings. The summed E-state index contributed by atoms with van der Waals surface area (Å²) >= 11 is 0. The van der Waals surface area contributed by atoms with Gasteiger partial charge in [-0.15, -0.1) is 0 Å². The molecule has 6 N–H and O–H groups in total. The van der Waals surface area contributed by atoms with Crippen LogP contribution >= 0.6 is 0 Å². The summed E-state index contributed by atoms with van der Waals surface area (Å²) in [6.45, 7) is 0. The van der Waals surface area contributed by atoms with Crippen LogP contribution in [0.5, 0.6) is 0 Å². The predicted molar refractivity (Wildman–Crippen MR) is 77.9 cm³/mol. The number of nitrogens with two attached hydrogens (primary N) is 2. The molecule has 5 nitrogen and oxygen atoms in total. The van der Waals surface area contributed by atoms with E-state index in [4.69, 9.17) is 11.5 Å². The van der Waals surface area contributed by atoms with Gasteiger partial charge in [0, 0.05) is 27.6 Å². The van der Waals surface area contributed by atoms with E-state index in [0.29, 0.717) is 38.6 Å². The molecule has 0 unspecified atom stereocenters. The zero-order chi connectivity index (χ0) is 13.6. The van der Waals surface area contributed by atoms with Gasteiger partial charge in [0.2, 0.25) is 0 Å². The molecule has 6 heteroatoms. The van der Waals surface area contributed by atoms with Gasteiger partial charge >= 0.3 is 7.12 Å². The van der Waals surface area contributed by atoms with Crippen molar-refractivity contribution in [3.8, 4) is 0 Å². The van der Waals surface area contributed by atoms with Crippen LogP contribution in [0, 0.1) is 0 Å². The Morgan fingerprint density at radius 2 is 1.32 bits per heavy atom. The first-order valence-corrected chi connectivity index (χ1v) is 5.81. The molecule has 19 heavy (non-hydrogen) atoms. The van der Waals surface area contributed by atoms with Crippen molar-refractivity contribution in [3.05, 3.63) is 36.4 Å². The molecule has 1 aromatic heterocycles. The molecule has 0 bridgehead atoms. The van der Waals surface area contributed by atoms with E-state index >= 15 is 0 Å². The molecule has 0 saturated heterocycles. The third kappa shape index (κ3) is 1.87. The van der Waals surface area contributed by atoms with Gasteiger partial charge in [0.1, 0.15) is 0 Å². The molecule has 0 amide bonds. The average Bonchev–Trinajstić information content (AvgIpc) is 2.35. The summed E-state index contributed by atoms with van der Waals surface area (Å²) in [6.07, 6.45) is 0. The lowest BCUT2D eigenvalue weighted by atomic mass is 9.75. The van der Waals surface area contributed by atoms with E-state index in [9.17, 15) is 10.0 Å². The molecule has 0 aliphatic heterocycles. The van der Waals surface area contributed by atoms with Crippen molar-refractivity contribution in [3.63, 3.8) is 0 Å². The van der Waals surface area contributed by atoms with E-state index in [1.807, 2.05) is 0 Å². The summed E-state index contributed by atoms with van der Waals surface area (Å²) in [7, 11) is -1.58. The molecule has 3 rings (SSSR count). The Labute approximate surface area is 109 Å². The largest absolute Gasteiger partial charge is 0.489 e. The molecule has 0 radical (unpaired) electrons. The minimum Gasteiger partial charge on any atom is -0.423 e. The molecular weight excluding hydrogens is 241 g/mol. The average molecular weight is 253 g/mol. The number of benzene rings is 2. The van der Waals surface area contributed by atoms with Gasteiger partial charge in [0.05, 0.1) is 11.0 Å². The number of nitrogens with zero attached hydrogens (tertiary/aromatic N) is 1. The summed E-state index contributed by atoms with van der Waals surface area (Å²) in [6, 6.07) is 10.3. The SMILES string of the molecule is Nc1ccc2c(B(O)O)c3ccc(N)cc3nc2c1. The van der Waals surface area contributed by atoms with Gasteiger partial charge in [-0.25, -0.2) is 4.98 Å². The molecule has 94 valence electrons. The fraction of sp³-hybridized carbons (Fsp3) is 0. The second kappa shape index (κ2) is 4.12. The Morgan fingerprint density at radius 1 is 0.842 bits per heavy atom. The van der Waals surface area contributed by atoms with Gasteiger partial charge in [-0.05, 0) is 24.3 Å². The first kappa shape index (κ1) is 11.8.